The summed E-state index contributed by atoms with van der Waals surface area (Å²) in [5, 5.41) is 7.58. The third-order valence-corrected chi connectivity index (χ3v) is 5.78. The highest BCUT2D eigenvalue weighted by molar-refractivity contribution is 5.91. The first-order chi connectivity index (χ1) is 15.0. The van der Waals surface area contributed by atoms with Crippen LogP contribution in [-0.4, -0.2) is 39.6 Å². The van der Waals surface area contributed by atoms with Crippen LogP contribution in [0.25, 0.3) is 0 Å². The number of hydrogen-bond donors (Lipinski definition) is 1. The number of carbonyl (C=O) groups is 2. The van der Waals surface area contributed by atoms with Crippen LogP contribution in [0.4, 0.5) is 0 Å². The minimum atomic E-state index is -0.108. The molecule has 0 radical (unpaired) electrons. The first-order valence-corrected chi connectivity index (χ1v) is 10.7. The van der Waals surface area contributed by atoms with Crippen LogP contribution in [0, 0.1) is 19.8 Å². The van der Waals surface area contributed by atoms with E-state index in [-0.39, 0.29) is 17.7 Å². The van der Waals surface area contributed by atoms with Gasteiger partial charge in [0, 0.05) is 31.2 Å². The molecule has 1 N–H and O–H groups in total. The standard InChI is InChI=1S/C24H28N4O3/c1-17-13-18(2)28(26-17)16-20-6-3-5-19(14-20)15-25-23(29)21-8-10-27(11-9-21)24(30)22-7-4-12-31-22/h3-7,12-14,21H,8-11,15-16H2,1-2H3,(H,25,29). The van der Waals surface area contributed by atoms with E-state index in [4.69, 9.17) is 4.42 Å². The van der Waals surface area contributed by atoms with E-state index in [1.807, 2.05) is 23.7 Å². The van der Waals surface area contributed by atoms with E-state index in [9.17, 15) is 9.59 Å². The highest BCUT2D eigenvalue weighted by Gasteiger charge is 2.28. The number of benzene rings is 1. The van der Waals surface area contributed by atoms with Gasteiger partial charge in [-0.25, -0.2) is 0 Å². The number of nitrogens with one attached hydrogen (secondary N) is 1. The summed E-state index contributed by atoms with van der Waals surface area (Å²) in [5.41, 5.74) is 4.37. The van der Waals surface area contributed by atoms with Crippen molar-refractivity contribution in [2.24, 2.45) is 5.92 Å². The first-order valence-electron chi connectivity index (χ1n) is 10.7. The van der Waals surface area contributed by atoms with Crippen LogP contribution in [0.5, 0.6) is 0 Å². The molecule has 0 atom stereocenters. The molecule has 162 valence electrons. The largest absolute Gasteiger partial charge is 0.459 e. The van der Waals surface area contributed by atoms with Crippen LogP contribution in [-0.2, 0) is 17.9 Å². The topological polar surface area (TPSA) is 80.4 Å². The maximum atomic E-state index is 12.7. The van der Waals surface area contributed by atoms with Gasteiger partial charge in [0.25, 0.3) is 5.91 Å². The summed E-state index contributed by atoms with van der Waals surface area (Å²) in [4.78, 5) is 26.8. The lowest BCUT2D eigenvalue weighted by Gasteiger charge is -2.30. The lowest BCUT2D eigenvalue weighted by molar-refractivity contribution is -0.126. The van der Waals surface area contributed by atoms with Gasteiger partial charge in [-0.2, -0.15) is 5.10 Å². The molecule has 0 bridgehead atoms. The van der Waals surface area contributed by atoms with Crippen molar-refractivity contribution in [1.82, 2.24) is 20.0 Å². The minimum absolute atomic E-state index is 0.0500. The number of carbonyl (C=O) groups excluding carboxylic acids is 2. The Balaban J connectivity index is 1.27. The maximum absolute atomic E-state index is 12.7. The van der Waals surface area contributed by atoms with Crippen LogP contribution < -0.4 is 5.32 Å². The molecule has 4 rings (SSSR count). The van der Waals surface area contributed by atoms with Gasteiger partial charge in [0.1, 0.15) is 0 Å². The normalized spacial score (nSPS) is 14.6. The van der Waals surface area contributed by atoms with E-state index in [2.05, 4.69) is 35.5 Å². The summed E-state index contributed by atoms with van der Waals surface area (Å²) in [5.74, 6) is 0.221. The average Bonchev–Trinajstić information content (AvgIpc) is 3.42. The number of aryl methyl sites for hydroxylation is 2. The van der Waals surface area contributed by atoms with Crippen LogP contribution in [0.15, 0.2) is 53.1 Å². The molecule has 2 aromatic heterocycles. The highest BCUT2D eigenvalue weighted by Crippen LogP contribution is 2.20. The lowest BCUT2D eigenvalue weighted by Crippen LogP contribution is -2.42. The number of hydrogen-bond acceptors (Lipinski definition) is 4. The van der Waals surface area contributed by atoms with Gasteiger partial charge < -0.3 is 14.6 Å². The number of aromatic nitrogens is 2. The van der Waals surface area contributed by atoms with Gasteiger partial charge in [-0.05, 0) is 56.0 Å². The Morgan fingerprint density at radius 1 is 1.10 bits per heavy atom. The fourth-order valence-corrected chi connectivity index (χ4v) is 4.08. The van der Waals surface area contributed by atoms with Gasteiger partial charge in [0.05, 0.1) is 18.5 Å². The summed E-state index contributed by atoms with van der Waals surface area (Å²) < 4.78 is 7.18. The molecule has 1 aliphatic rings. The van der Waals surface area contributed by atoms with E-state index in [1.165, 1.54) is 6.26 Å². The van der Waals surface area contributed by atoms with Crippen LogP contribution >= 0.6 is 0 Å². The Labute approximate surface area is 182 Å². The monoisotopic (exact) mass is 420 g/mol. The Morgan fingerprint density at radius 3 is 2.55 bits per heavy atom. The summed E-state index contributed by atoms with van der Waals surface area (Å²) >= 11 is 0. The molecule has 31 heavy (non-hydrogen) atoms. The highest BCUT2D eigenvalue weighted by atomic mass is 16.3. The summed E-state index contributed by atoms with van der Waals surface area (Å²) in [6.07, 6.45) is 2.83. The van der Waals surface area contributed by atoms with Gasteiger partial charge in [-0.3, -0.25) is 14.3 Å². The van der Waals surface area contributed by atoms with Gasteiger partial charge in [-0.15, -0.1) is 0 Å². The van der Waals surface area contributed by atoms with E-state index in [1.54, 1.807) is 17.0 Å². The van der Waals surface area contributed by atoms with Crippen molar-refractivity contribution >= 4 is 11.8 Å². The number of piperidine rings is 1. The zero-order valence-corrected chi connectivity index (χ0v) is 18.0. The van der Waals surface area contributed by atoms with Crippen LogP contribution in [0.2, 0.25) is 0 Å². The molecule has 1 fully saturated rings. The summed E-state index contributed by atoms with van der Waals surface area (Å²) in [6, 6.07) is 13.7. The zero-order chi connectivity index (χ0) is 21.8. The fourth-order valence-electron chi connectivity index (χ4n) is 4.08. The Bertz CT molecular complexity index is 1050. The van der Waals surface area contributed by atoms with Gasteiger partial charge in [-0.1, -0.05) is 24.3 Å². The van der Waals surface area contributed by atoms with Crippen molar-refractivity contribution in [1.29, 1.82) is 0 Å². The molecule has 3 heterocycles. The van der Waals surface area contributed by atoms with Gasteiger partial charge >= 0.3 is 0 Å². The predicted molar refractivity (Wildman–Crippen MR) is 116 cm³/mol. The van der Waals surface area contributed by atoms with Gasteiger partial charge in [0.15, 0.2) is 5.76 Å². The van der Waals surface area contributed by atoms with Crippen LogP contribution in [0.1, 0.15) is 45.9 Å². The van der Waals surface area contributed by atoms with E-state index in [0.29, 0.717) is 44.8 Å². The number of rotatable bonds is 6. The van der Waals surface area contributed by atoms with Crippen molar-refractivity contribution < 1.29 is 14.0 Å². The SMILES string of the molecule is Cc1cc(C)n(Cc2cccc(CNC(=O)C3CCN(C(=O)c4ccco4)CC3)c2)n1. The molecule has 0 aliphatic carbocycles. The smallest absolute Gasteiger partial charge is 0.289 e. The molecule has 1 aromatic carbocycles. The molecule has 0 saturated carbocycles. The Kier molecular flexibility index (Phi) is 6.21. The Hall–Kier alpha value is -3.35. The van der Waals surface area contributed by atoms with Crippen molar-refractivity contribution in [3.05, 3.63) is 77.0 Å². The fraction of sp³-hybridized carbons (Fsp3) is 0.375. The quantitative estimate of drug-likeness (QED) is 0.663. The van der Waals surface area contributed by atoms with Crippen LogP contribution in [0.3, 0.4) is 0 Å². The summed E-state index contributed by atoms with van der Waals surface area (Å²) in [6.45, 7) is 6.38. The predicted octanol–water partition coefficient (Wildman–Crippen LogP) is 3.31. The van der Waals surface area contributed by atoms with Crippen molar-refractivity contribution in [3.8, 4) is 0 Å². The van der Waals surface area contributed by atoms with Crippen molar-refractivity contribution in [2.45, 2.75) is 39.8 Å². The second-order valence-electron chi connectivity index (χ2n) is 8.17. The minimum Gasteiger partial charge on any atom is -0.459 e. The molecule has 2 amide bonds. The number of furan rings is 1. The van der Waals surface area contributed by atoms with Crippen molar-refractivity contribution in [3.63, 3.8) is 0 Å². The molecule has 1 saturated heterocycles. The molecule has 7 nitrogen and oxygen atoms in total. The number of amides is 2. The summed E-state index contributed by atoms with van der Waals surface area (Å²) in [7, 11) is 0. The van der Waals surface area contributed by atoms with E-state index < -0.39 is 0 Å². The Morgan fingerprint density at radius 2 is 1.87 bits per heavy atom. The second kappa shape index (κ2) is 9.20. The maximum Gasteiger partial charge on any atom is 0.289 e. The third-order valence-electron chi connectivity index (χ3n) is 5.78. The number of likely N-dealkylation sites (tertiary alicyclic amines) is 1. The van der Waals surface area contributed by atoms with E-state index in [0.717, 1.165) is 22.5 Å². The van der Waals surface area contributed by atoms with Gasteiger partial charge in [0.2, 0.25) is 5.91 Å². The van der Waals surface area contributed by atoms with Crippen molar-refractivity contribution in [2.75, 3.05) is 13.1 Å². The molecule has 0 unspecified atom stereocenters. The molecule has 3 aromatic rings. The lowest BCUT2D eigenvalue weighted by atomic mass is 9.95. The number of nitrogens with zero attached hydrogens (tertiary/aromatic N) is 3. The third kappa shape index (κ3) is 5.05. The molecular formula is C24H28N4O3. The zero-order valence-electron chi connectivity index (χ0n) is 18.0. The van der Waals surface area contributed by atoms with E-state index >= 15 is 0 Å². The second-order valence-corrected chi connectivity index (χ2v) is 8.17. The average molecular weight is 421 g/mol. The molecule has 7 heteroatoms. The molecule has 0 spiro atoms. The molecular weight excluding hydrogens is 392 g/mol. The molecule has 1 aliphatic heterocycles. The first kappa shape index (κ1) is 20.9.